The van der Waals surface area contributed by atoms with Gasteiger partial charge in [-0.25, -0.2) is 4.99 Å². The summed E-state index contributed by atoms with van der Waals surface area (Å²) in [5.41, 5.74) is 3.19. The van der Waals surface area contributed by atoms with Crippen LogP contribution in [0.1, 0.15) is 36.7 Å². The Kier molecular flexibility index (Phi) is 8.90. The van der Waals surface area contributed by atoms with Crippen molar-refractivity contribution >= 4 is 35.6 Å². The van der Waals surface area contributed by atoms with Gasteiger partial charge in [-0.05, 0) is 44.9 Å². The van der Waals surface area contributed by atoms with Gasteiger partial charge in [0.25, 0.3) is 0 Å². The number of nitrogens with one attached hydrogen (secondary N) is 2. The summed E-state index contributed by atoms with van der Waals surface area (Å²) in [5, 5.41) is 15.4. The first-order chi connectivity index (χ1) is 15.6. The smallest absolute Gasteiger partial charge is 0.191 e. The molecule has 178 valence electrons. The molecule has 1 fully saturated rings. The molecule has 9 heteroatoms. The average Bonchev–Trinajstić information content (AvgIpc) is 3.24. The van der Waals surface area contributed by atoms with E-state index >= 15 is 0 Å². The molecule has 3 heterocycles. The highest BCUT2D eigenvalue weighted by Gasteiger charge is 2.37. The molecule has 33 heavy (non-hydrogen) atoms. The van der Waals surface area contributed by atoms with Gasteiger partial charge in [0.1, 0.15) is 12.3 Å². The van der Waals surface area contributed by atoms with Crippen molar-refractivity contribution in [3.63, 3.8) is 0 Å². The molecule has 0 aliphatic carbocycles. The Bertz CT molecular complexity index is 1080. The number of benzene rings is 1. The van der Waals surface area contributed by atoms with Gasteiger partial charge in [-0.2, -0.15) is 0 Å². The maximum absolute atomic E-state index is 5.74. The zero-order chi connectivity index (χ0) is 22.4. The summed E-state index contributed by atoms with van der Waals surface area (Å²) in [6.07, 6.45) is 3.81. The van der Waals surface area contributed by atoms with E-state index in [0.717, 1.165) is 62.3 Å². The van der Waals surface area contributed by atoms with Crippen LogP contribution in [0.25, 0.3) is 5.65 Å². The highest BCUT2D eigenvalue weighted by molar-refractivity contribution is 14.0. The average molecular weight is 564 g/mol. The molecule has 0 bridgehead atoms. The molecule has 1 aromatic carbocycles. The van der Waals surface area contributed by atoms with E-state index in [0.29, 0.717) is 6.54 Å². The van der Waals surface area contributed by atoms with Gasteiger partial charge in [-0.3, -0.25) is 4.40 Å². The second-order valence-corrected chi connectivity index (χ2v) is 8.19. The van der Waals surface area contributed by atoms with E-state index in [1.807, 2.05) is 28.8 Å². The van der Waals surface area contributed by atoms with Crippen molar-refractivity contribution in [3.8, 4) is 5.75 Å². The predicted octanol–water partition coefficient (Wildman–Crippen LogP) is 3.47. The van der Waals surface area contributed by atoms with Crippen molar-refractivity contribution in [2.45, 2.75) is 38.6 Å². The standard InChI is InChI=1S/C24H32N6O2.HI/c1-4-25-23(26-16-22-29-28-21-7-5-6-12-30(21)22)27-17-24(10-13-32-14-11-24)19-15-18(2)8-9-20(19)31-3;/h5-9,12,15H,4,10-11,13-14,16-17H2,1-3H3,(H2,25,26,27);1H. The van der Waals surface area contributed by atoms with Crippen LogP contribution in [0.4, 0.5) is 0 Å². The van der Waals surface area contributed by atoms with Crippen molar-refractivity contribution in [1.29, 1.82) is 0 Å². The first kappa shape index (κ1) is 25.2. The van der Waals surface area contributed by atoms with Gasteiger partial charge in [0.05, 0.1) is 7.11 Å². The Hall–Kier alpha value is -2.40. The van der Waals surface area contributed by atoms with E-state index in [1.165, 1.54) is 11.1 Å². The van der Waals surface area contributed by atoms with Crippen LogP contribution >= 0.6 is 24.0 Å². The summed E-state index contributed by atoms with van der Waals surface area (Å²) in [5.74, 6) is 2.49. The molecule has 4 rings (SSSR count). The van der Waals surface area contributed by atoms with Crippen molar-refractivity contribution in [1.82, 2.24) is 25.2 Å². The van der Waals surface area contributed by atoms with Gasteiger partial charge in [-0.15, -0.1) is 34.2 Å². The molecule has 1 aliphatic rings. The number of guanidine groups is 1. The summed E-state index contributed by atoms with van der Waals surface area (Å²) >= 11 is 0. The summed E-state index contributed by atoms with van der Waals surface area (Å²) in [7, 11) is 1.74. The first-order valence-corrected chi connectivity index (χ1v) is 11.2. The molecule has 0 saturated carbocycles. The normalized spacial score (nSPS) is 15.7. The van der Waals surface area contributed by atoms with Crippen LogP contribution in [0.5, 0.6) is 5.75 Å². The number of aryl methyl sites for hydroxylation is 1. The van der Waals surface area contributed by atoms with Crippen LogP contribution < -0.4 is 15.4 Å². The van der Waals surface area contributed by atoms with E-state index < -0.39 is 0 Å². The van der Waals surface area contributed by atoms with Crippen LogP contribution in [0.2, 0.25) is 0 Å². The number of rotatable bonds is 7. The van der Waals surface area contributed by atoms with Crippen LogP contribution in [-0.2, 0) is 16.7 Å². The Morgan fingerprint density at radius 1 is 1.18 bits per heavy atom. The lowest BCUT2D eigenvalue weighted by Gasteiger charge is -2.39. The number of pyridine rings is 1. The molecule has 1 aliphatic heterocycles. The third-order valence-corrected chi connectivity index (χ3v) is 6.08. The monoisotopic (exact) mass is 564 g/mol. The molecule has 0 radical (unpaired) electrons. The molecule has 2 aromatic heterocycles. The Labute approximate surface area is 212 Å². The third kappa shape index (κ3) is 5.75. The van der Waals surface area contributed by atoms with Gasteiger partial charge in [0, 0.05) is 43.5 Å². The van der Waals surface area contributed by atoms with E-state index in [2.05, 4.69) is 52.9 Å². The van der Waals surface area contributed by atoms with Gasteiger partial charge >= 0.3 is 0 Å². The quantitative estimate of drug-likeness (QED) is 0.260. The molecule has 0 amide bonds. The minimum absolute atomic E-state index is 0. The molecule has 2 N–H and O–H groups in total. The van der Waals surface area contributed by atoms with E-state index in [4.69, 9.17) is 14.5 Å². The second-order valence-electron chi connectivity index (χ2n) is 8.19. The number of fused-ring (bicyclic) bond motifs is 1. The summed E-state index contributed by atoms with van der Waals surface area (Å²) in [6, 6.07) is 12.3. The highest BCUT2D eigenvalue weighted by atomic mass is 127. The number of halogens is 1. The fourth-order valence-corrected chi connectivity index (χ4v) is 4.28. The number of aliphatic imine (C=N–C) groups is 1. The van der Waals surface area contributed by atoms with Gasteiger partial charge in [-0.1, -0.05) is 23.8 Å². The molecule has 0 unspecified atom stereocenters. The van der Waals surface area contributed by atoms with Crippen LogP contribution in [-0.4, -0.2) is 54.0 Å². The Morgan fingerprint density at radius 2 is 2.00 bits per heavy atom. The Morgan fingerprint density at radius 3 is 2.76 bits per heavy atom. The van der Waals surface area contributed by atoms with Crippen LogP contribution in [0.3, 0.4) is 0 Å². The fourth-order valence-electron chi connectivity index (χ4n) is 4.28. The predicted molar refractivity (Wildman–Crippen MR) is 141 cm³/mol. The zero-order valence-corrected chi connectivity index (χ0v) is 21.8. The van der Waals surface area contributed by atoms with E-state index in [-0.39, 0.29) is 29.4 Å². The summed E-state index contributed by atoms with van der Waals surface area (Å²) in [4.78, 5) is 4.78. The zero-order valence-electron chi connectivity index (χ0n) is 19.5. The van der Waals surface area contributed by atoms with Crippen LogP contribution in [0.15, 0.2) is 47.6 Å². The first-order valence-electron chi connectivity index (χ1n) is 11.2. The molecule has 0 atom stereocenters. The van der Waals surface area contributed by atoms with Crippen molar-refractivity contribution in [2.24, 2.45) is 4.99 Å². The minimum atomic E-state index is -0.0899. The second kappa shape index (κ2) is 11.6. The molecule has 8 nitrogen and oxygen atoms in total. The largest absolute Gasteiger partial charge is 0.496 e. The molecule has 1 saturated heterocycles. The number of ether oxygens (including phenoxy) is 2. The third-order valence-electron chi connectivity index (χ3n) is 6.08. The SMILES string of the molecule is CCNC(=NCc1nnc2ccccn12)NCC1(c2cc(C)ccc2OC)CCOCC1.I. The molecule has 3 aromatic rings. The number of aromatic nitrogens is 3. The van der Waals surface area contributed by atoms with Crippen LogP contribution in [0, 0.1) is 6.92 Å². The number of nitrogens with zero attached hydrogens (tertiary/aromatic N) is 4. The summed E-state index contributed by atoms with van der Waals surface area (Å²) in [6.45, 7) is 7.61. The topological polar surface area (TPSA) is 85.1 Å². The molecule has 0 spiro atoms. The highest BCUT2D eigenvalue weighted by Crippen LogP contribution is 2.40. The van der Waals surface area contributed by atoms with Crippen molar-refractivity contribution in [2.75, 3.05) is 33.4 Å². The van der Waals surface area contributed by atoms with Gasteiger partial charge < -0.3 is 20.1 Å². The number of hydrogen-bond donors (Lipinski definition) is 2. The van der Waals surface area contributed by atoms with Crippen molar-refractivity contribution in [3.05, 3.63) is 59.5 Å². The van der Waals surface area contributed by atoms with E-state index in [9.17, 15) is 0 Å². The van der Waals surface area contributed by atoms with Crippen molar-refractivity contribution < 1.29 is 9.47 Å². The Balaban J connectivity index is 0.00000306. The molecular weight excluding hydrogens is 531 g/mol. The fraction of sp³-hybridized carbons (Fsp3) is 0.458. The number of methoxy groups -OCH3 is 1. The molecular formula is C24H33IN6O2. The van der Waals surface area contributed by atoms with E-state index in [1.54, 1.807) is 7.11 Å². The maximum Gasteiger partial charge on any atom is 0.191 e. The van der Waals surface area contributed by atoms with Gasteiger partial charge in [0.2, 0.25) is 0 Å². The maximum atomic E-state index is 5.74. The summed E-state index contributed by atoms with van der Waals surface area (Å²) < 4.78 is 13.4. The minimum Gasteiger partial charge on any atom is -0.496 e. The van der Waals surface area contributed by atoms with Gasteiger partial charge in [0.15, 0.2) is 17.4 Å². The lowest BCUT2D eigenvalue weighted by atomic mass is 9.73. The number of hydrogen-bond acceptors (Lipinski definition) is 5. The lowest BCUT2D eigenvalue weighted by molar-refractivity contribution is 0.0505. The lowest BCUT2D eigenvalue weighted by Crippen LogP contribution is -2.48.